The number of amides is 1. The molecule has 0 radical (unpaired) electrons. The van der Waals surface area contributed by atoms with E-state index < -0.39 is 5.97 Å². The van der Waals surface area contributed by atoms with Crippen LogP contribution in [0, 0.1) is 0 Å². The standard InChI is InChI=1S/C12H18N4O3/c1-16(2)10(17)6-7-14-11-8(13)4-5-9(15-11)12(18)19-3/h4-5H,6-7,13H2,1-3H3,(H,14,15). The van der Waals surface area contributed by atoms with Crippen LogP contribution in [0.4, 0.5) is 11.5 Å². The zero-order valence-corrected chi connectivity index (χ0v) is 11.3. The van der Waals surface area contributed by atoms with Gasteiger partial charge >= 0.3 is 5.97 Å². The fraction of sp³-hybridized carbons (Fsp3) is 0.417. The first-order chi connectivity index (χ1) is 8.95. The van der Waals surface area contributed by atoms with Gasteiger partial charge in [-0.05, 0) is 12.1 Å². The molecule has 0 saturated heterocycles. The van der Waals surface area contributed by atoms with Crippen LogP contribution in [0.2, 0.25) is 0 Å². The number of pyridine rings is 1. The van der Waals surface area contributed by atoms with Gasteiger partial charge in [0, 0.05) is 27.1 Å². The number of carbonyl (C=O) groups is 2. The Bertz CT molecular complexity index is 474. The van der Waals surface area contributed by atoms with Crippen LogP contribution < -0.4 is 11.1 Å². The fourth-order valence-electron chi connectivity index (χ4n) is 1.34. The molecule has 0 bridgehead atoms. The maximum Gasteiger partial charge on any atom is 0.356 e. The van der Waals surface area contributed by atoms with E-state index in [2.05, 4.69) is 15.0 Å². The van der Waals surface area contributed by atoms with E-state index in [0.29, 0.717) is 24.5 Å². The summed E-state index contributed by atoms with van der Waals surface area (Å²) in [6.45, 7) is 0.388. The Hall–Kier alpha value is -2.31. The predicted octanol–water partition coefficient (Wildman–Crippen LogP) is 0.341. The summed E-state index contributed by atoms with van der Waals surface area (Å²) in [4.78, 5) is 28.3. The van der Waals surface area contributed by atoms with E-state index in [0.717, 1.165) is 0 Å². The van der Waals surface area contributed by atoms with Gasteiger partial charge in [-0.3, -0.25) is 4.79 Å². The first-order valence-corrected chi connectivity index (χ1v) is 5.74. The van der Waals surface area contributed by atoms with Crippen LogP contribution in [-0.2, 0) is 9.53 Å². The average Bonchev–Trinajstić information content (AvgIpc) is 2.39. The monoisotopic (exact) mass is 266 g/mol. The molecule has 3 N–H and O–H groups in total. The van der Waals surface area contributed by atoms with Crippen molar-refractivity contribution in [3.8, 4) is 0 Å². The van der Waals surface area contributed by atoms with Crippen LogP contribution in [0.25, 0.3) is 0 Å². The minimum absolute atomic E-state index is 0.00445. The van der Waals surface area contributed by atoms with Crippen molar-refractivity contribution < 1.29 is 14.3 Å². The number of nitrogens with zero attached hydrogens (tertiary/aromatic N) is 2. The number of anilines is 2. The molecular weight excluding hydrogens is 248 g/mol. The van der Waals surface area contributed by atoms with Gasteiger partial charge in [0.1, 0.15) is 5.82 Å². The summed E-state index contributed by atoms with van der Waals surface area (Å²) in [6.07, 6.45) is 0.316. The predicted molar refractivity (Wildman–Crippen MR) is 71.8 cm³/mol. The Balaban J connectivity index is 2.67. The molecule has 1 aromatic heterocycles. The Morgan fingerprint density at radius 3 is 2.68 bits per heavy atom. The lowest BCUT2D eigenvalue weighted by Gasteiger charge is -2.12. The summed E-state index contributed by atoms with van der Waals surface area (Å²) in [6, 6.07) is 3.05. The second-order valence-corrected chi connectivity index (χ2v) is 4.09. The van der Waals surface area contributed by atoms with Gasteiger partial charge in [0.25, 0.3) is 0 Å². The third-order valence-corrected chi connectivity index (χ3v) is 2.45. The van der Waals surface area contributed by atoms with E-state index in [-0.39, 0.29) is 11.6 Å². The van der Waals surface area contributed by atoms with E-state index in [1.54, 1.807) is 20.2 Å². The van der Waals surface area contributed by atoms with Crippen LogP contribution >= 0.6 is 0 Å². The van der Waals surface area contributed by atoms with Gasteiger partial charge in [0.05, 0.1) is 12.8 Å². The molecule has 0 saturated carbocycles. The van der Waals surface area contributed by atoms with Gasteiger partial charge in [-0.15, -0.1) is 0 Å². The van der Waals surface area contributed by atoms with Gasteiger partial charge in [0.15, 0.2) is 5.69 Å². The van der Waals surface area contributed by atoms with Crippen molar-refractivity contribution >= 4 is 23.4 Å². The van der Waals surface area contributed by atoms with E-state index in [1.165, 1.54) is 18.1 Å². The third kappa shape index (κ3) is 4.13. The number of nitrogen functional groups attached to an aromatic ring is 1. The fourth-order valence-corrected chi connectivity index (χ4v) is 1.34. The minimum atomic E-state index is -0.535. The van der Waals surface area contributed by atoms with Crippen LogP contribution in [0.1, 0.15) is 16.9 Å². The molecule has 1 rings (SSSR count). The molecule has 0 aliphatic carbocycles. The molecule has 0 unspecified atom stereocenters. The molecule has 0 aromatic carbocycles. The lowest BCUT2D eigenvalue weighted by molar-refractivity contribution is -0.128. The zero-order chi connectivity index (χ0) is 14.4. The second kappa shape index (κ2) is 6.58. The maximum atomic E-state index is 11.4. The van der Waals surface area contributed by atoms with Crippen molar-refractivity contribution in [1.82, 2.24) is 9.88 Å². The minimum Gasteiger partial charge on any atom is -0.464 e. The highest BCUT2D eigenvalue weighted by molar-refractivity contribution is 5.88. The van der Waals surface area contributed by atoms with Gasteiger partial charge < -0.3 is 20.7 Å². The van der Waals surface area contributed by atoms with Crippen LogP contribution in [0.5, 0.6) is 0 Å². The second-order valence-electron chi connectivity index (χ2n) is 4.09. The molecule has 7 heteroatoms. The van der Waals surface area contributed by atoms with E-state index in [9.17, 15) is 9.59 Å². The van der Waals surface area contributed by atoms with Crippen LogP contribution in [0.15, 0.2) is 12.1 Å². The summed E-state index contributed by atoms with van der Waals surface area (Å²) in [5, 5.41) is 2.93. The molecular formula is C12H18N4O3. The smallest absolute Gasteiger partial charge is 0.356 e. The molecule has 0 spiro atoms. The number of nitrogens with two attached hydrogens (primary N) is 1. The Morgan fingerprint density at radius 1 is 1.42 bits per heavy atom. The van der Waals surface area contributed by atoms with Gasteiger partial charge in [-0.25, -0.2) is 9.78 Å². The molecule has 104 valence electrons. The number of hydrogen-bond donors (Lipinski definition) is 2. The average molecular weight is 266 g/mol. The topological polar surface area (TPSA) is 97.5 Å². The molecule has 7 nitrogen and oxygen atoms in total. The Kier molecular flexibility index (Phi) is 5.11. The highest BCUT2D eigenvalue weighted by Gasteiger charge is 2.10. The van der Waals surface area contributed by atoms with Crippen molar-refractivity contribution in [2.24, 2.45) is 0 Å². The largest absolute Gasteiger partial charge is 0.464 e. The molecule has 1 heterocycles. The lowest BCUT2D eigenvalue weighted by Crippen LogP contribution is -2.24. The number of nitrogens with one attached hydrogen (secondary N) is 1. The molecule has 0 atom stereocenters. The maximum absolute atomic E-state index is 11.4. The first-order valence-electron chi connectivity index (χ1n) is 5.74. The number of esters is 1. The van der Waals surface area contributed by atoms with Crippen molar-refractivity contribution in [2.45, 2.75) is 6.42 Å². The Morgan fingerprint density at radius 2 is 2.11 bits per heavy atom. The van der Waals surface area contributed by atoms with Crippen molar-refractivity contribution in [3.05, 3.63) is 17.8 Å². The normalized spacial score (nSPS) is 9.84. The summed E-state index contributed by atoms with van der Waals surface area (Å²) >= 11 is 0. The lowest BCUT2D eigenvalue weighted by atomic mass is 10.3. The molecule has 1 amide bonds. The summed E-state index contributed by atoms with van der Waals surface area (Å²) in [5.41, 5.74) is 6.31. The van der Waals surface area contributed by atoms with Crippen molar-refractivity contribution in [3.63, 3.8) is 0 Å². The Labute approximate surface area is 111 Å². The molecule has 1 aromatic rings. The quantitative estimate of drug-likeness (QED) is 0.746. The third-order valence-electron chi connectivity index (χ3n) is 2.45. The summed E-state index contributed by atoms with van der Waals surface area (Å²) in [5.74, 6) is -0.169. The number of hydrogen-bond acceptors (Lipinski definition) is 6. The van der Waals surface area contributed by atoms with Crippen LogP contribution in [-0.4, -0.2) is 49.5 Å². The molecule has 0 aliphatic heterocycles. The van der Waals surface area contributed by atoms with E-state index >= 15 is 0 Å². The van der Waals surface area contributed by atoms with Crippen molar-refractivity contribution in [2.75, 3.05) is 38.8 Å². The van der Waals surface area contributed by atoms with E-state index in [1.807, 2.05) is 0 Å². The number of aromatic nitrogens is 1. The summed E-state index contributed by atoms with van der Waals surface area (Å²) < 4.78 is 4.57. The van der Waals surface area contributed by atoms with Crippen molar-refractivity contribution in [1.29, 1.82) is 0 Å². The number of rotatable bonds is 5. The molecule has 0 fully saturated rings. The van der Waals surface area contributed by atoms with Gasteiger partial charge in [-0.2, -0.15) is 0 Å². The zero-order valence-electron chi connectivity index (χ0n) is 11.3. The molecule has 0 aliphatic rings. The van der Waals surface area contributed by atoms with Gasteiger partial charge in [0.2, 0.25) is 5.91 Å². The SMILES string of the molecule is COC(=O)c1ccc(N)c(NCCC(=O)N(C)C)n1. The highest BCUT2D eigenvalue weighted by atomic mass is 16.5. The number of ether oxygens (including phenoxy) is 1. The van der Waals surface area contributed by atoms with Gasteiger partial charge in [-0.1, -0.05) is 0 Å². The highest BCUT2D eigenvalue weighted by Crippen LogP contribution is 2.16. The van der Waals surface area contributed by atoms with E-state index in [4.69, 9.17) is 5.73 Å². The summed E-state index contributed by atoms with van der Waals surface area (Å²) in [7, 11) is 4.66. The van der Waals surface area contributed by atoms with Crippen LogP contribution in [0.3, 0.4) is 0 Å². The number of methoxy groups -OCH3 is 1. The first kappa shape index (κ1) is 14.7. The number of carbonyl (C=O) groups excluding carboxylic acids is 2. The molecule has 19 heavy (non-hydrogen) atoms.